The predicted molar refractivity (Wildman–Crippen MR) is 74.4 cm³/mol. The van der Waals surface area contributed by atoms with Crippen LogP contribution < -0.4 is 10.1 Å². The van der Waals surface area contributed by atoms with E-state index in [0.717, 1.165) is 26.1 Å². The Morgan fingerprint density at radius 1 is 1.21 bits per heavy atom. The van der Waals surface area contributed by atoms with Crippen LogP contribution in [0.4, 0.5) is 0 Å². The molecule has 0 radical (unpaired) electrons. The Bertz CT molecular complexity index is 334. The van der Waals surface area contributed by atoms with E-state index < -0.39 is 0 Å². The maximum Gasteiger partial charge on any atom is 0.213 e. The van der Waals surface area contributed by atoms with Gasteiger partial charge in [-0.05, 0) is 24.6 Å². The first-order valence-electron chi connectivity index (χ1n) is 6.72. The molecule has 5 heteroatoms. The molecule has 0 spiro atoms. The van der Waals surface area contributed by atoms with E-state index in [4.69, 9.17) is 14.2 Å². The average molecular weight is 268 g/mol. The minimum atomic E-state index is 0.518. The lowest BCUT2D eigenvalue weighted by Gasteiger charge is -2.08. The topological polar surface area (TPSA) is 52.6 Å². The van der Waals surface area contributed by atoms with Crippen molar-refractivity contribution in [2.45, 2.75) is 19.9 Å². The van der Waals surface area contributed by atoms with Crippen LogP contribution in [0.5, 0.6) is 5.88 Å². The smallest absolute Gasteiger partial charge is 0.213 e. The summed E-state index contributed by atoms with van der Waals surface area (Å²) in [6.07, 6.45) is 2.67. The molecular formula is C14H24N2O3. The Morgan fingerprint density at radius 2 is 2.11 bits per heavy atom. The van der Waals surface area contributed by atoms with E-state index in [1.165, 1.54) is 5.56 Å². The number of nitrogens with one attached hydrogen (secondary N) is 1. The van der Waals surface area contributed by atoms with Crippen LogP contribution in [0.1, 0.15) is 18.9 Å². The van der Waals surface area contributed by atoms with E-state index in [-0.39, 0.29) is 0 Å². The Labute approximate surface area is 115 Å². The fourth-order valence-electron chi connectivity index (χ4n) is 1.52. The van der Waals surface area contributed by atoms with Crippen molar-refractivity contribution in [2.75, 3.05) is 40.1 Å². The van der Waals surface area contributed by atoms with Gasteiger partial charge in [-0.15, -0.1) is 0 Å². The van der Waals surface area contributed by atoms with Gasteiger partial charge in [0.05, 0.1) is 6.61 Å². The summed E-state index contributed by atoms with van der Waals surface area (Å²) in [7, 11) is 1.69. The summed E-state index contributed by atoms with van der Waals surface area (Å²) in [6.45, 7) is 6.39. The van der Waals surface area contributed by atoms with Crippen LogP contribution in [-0.2, 0) is 16.0 Å². The SMILES string of the molecule is CCNCc1ccnc(OCCOCCCOC)c1. The van der Waals surface area contributed by atoms with Gasteiger partial charge in [0.1, 0.15) is 6.61 Å². The molecule has 0 aliphatic rings. The van der Waals surface area contributed by atoms with E-state index in [9.17, 15) is 0 Å². The van der Waals surface area contributed by atoms with Gasteiger partial charge in [-0.25, -0.2) is 4.98 Å². The fraction of sp³-hybridized carbons (Fsp3) is 0.643. The molecule has 108 valence electrons. The zero-order valence-corrected chi connectivity index (χ0v) is 11.9. The van der Waals surface area contributed by atoms with Crippen molar-refractivity contribution in [2.24, 2.45) is 0 Å². The van der Waals surface area contributed by atoms with E-state index in [1.807, 2.05) is 12.1 Å². The van der Waals surface area contributed by atoms with Gasteiger partial charge in [-0.1, -0.05) is 6.92 Å². The monoisotopic (exact) mass is 268 g/mol. The highest BCUT2D eigenvalue weighted by molar-refractivity contribution is 5.20. The number of methoxy groups -OCH3 is 1. The third-order valence-electron chi connectivity index (χ3n) is 2.49. The number of ether oxygens (including phenoxy) is 3. The molecule has 0 atom stereocenters. The number of nitrogens with zero attached hydrogens (tertiary/aromatic N) is 1. The van der Waals surface area contributed by atoms with Crippen LogP contribution >= 0.6 is 0 Å². The Hall–Kier alpha value is -1.17. The first-order valence-corrected chi connectivity index (χ1v) is 6.72. The molecule has 0 amide bonds. The van der Waals surface area contributed by atoms with Crippen LogP contribution in [0.3, 0.4) is 0 Å². The molecule has 0 aliphatic carbocycles. The molecule has 0 saturated heterocycles. The molecule has 0 aromatic carbocycles. The normalized spacial score (nSPS) is 10.6. The summed E-state index contributed by atoms with van der Waals surface area (Å²) in [4.78, 5) is 4.17. The minimum Gasteiger partial charge on any atom is -0.475 e. The van der Waals surface area contributed by atoms with Crippen molar-refractivity contribution >= 4 is 0 Å². The molecule has 1 heterocycles. The molecular weight excluding hydrogens is 244 g/mol. The lowest BCUT2D eigenvalue weighted by atomic mass is 10.2. The lowest BCUT2D eigenvalue weighted by Crippen LogP contribution is -2.12. The number of hydrogen-bond donors (Lipinski definition) is 1. The van der Waals surface area contributed by atoms with E-state index in [0.29, 0.717) is 25.7 Å². The van der Waals surface area contributed by atoms with Crippen molar-refractivity contribution in [3.63, 3.8) is 0 Å². The molecule has 5 nitrogen and oxygen atoms in total. The Morgan fingerprint density at radius 3 is 2.89 bits per heavy atom. The zero-order chi connectivity index (χ0) is 13.8. The van der Waals surface area contributed by atoms with Gasteiger partial charge in [0.15, 0.2) is 0 Å². The molecule has 0 aliphatic heterocycles. The largest absolute Gasteiger partial charge is 0.475 e. The number of pyridine rings is 1. The highest BCUT2D eigenvalue weighted by Gasteiger charge is 1.98. The van der Waals surface area contributed by atoms with Gasteiger partial charge in [0.2, 0.25) is 5.88 Å². The third kappa shape index (κ3) is 7.77. The number of hydrogen-bond acceptors (Lipinski definition) is 5. The van der Waals surface area contributed by atoms with Crippen molar-refractivity contribution in [1.82, 2.24) is 10.3 Å². The first kappa shape index (κ1) is 15.9. The summed E-state index contributed by atoms with van der Waals surface area (Å²) < 4.78 is 15.9. The second-order valence-corrected chi connectivity index (χ2v) is 4.09. The molecule has 19 heavy (non-hydrogen) atoms. The third-order valence-corrected chi connectivity index (χ3v) is 2.49. The Kier molecular flexibility index (Phi) is 8.97. The number of rotatable bonds is 11. The lowest BCUT2D eigenvalue weighted by molar-refractivity contribution is 0.0795. The molecule has 1 N–H and O–H groups in total. The molecule has 1 aromatic rings. The maximum absolute atomic E-state index is 5.54. The highest BCUT2D eigenvalue weighted by Crippen LogP contribution is 2.08. The summed E-state index contributed by atoms with van der Waals surface area (Å²) in [5.41, 5.74) is 1.17. The minimum absolute atomic E-state index is 0.518. The van der Waals surface area contributed by atoms with Crippen molar-refractivity contribution in [3.8, 4) is 5.88 Å². The van der Waals surface area contributed by atoms with Crippen LogP contribution in [0.15, 0.2) is 18.3 Å². The Balaban J connectivity index is 2.14. The molecule has 0 fully saturated rings. The van der Waals surface area contributed by atoms with Crippen LogP contribution in [0, 0.1) is 0 Å². The zero-order valence-electron chi connectivity index (χ0n) is 11.9. The van der Waals surface area contributed by atoms with Gasteiger partial charge < -0.3 is 19.5 Å². The molecule has 0 bridgehead atoms. The van der Waals surface area contributed by atoms with Gasteiger partial charge >= 0.3 is 0 Å². The second-order valence-electron chi connectivity index (χ2n) is 4.09. The summed E-state index contributed by atoms with van der Waals surface area (Å²) in [6, 6.07) is 3.93. The average Bonchev–Trinajstić information content (AvgIpc) is 2.44. The van der Waals surface area contributed by atoms with E-state index in [2.05, 4.69) is 17.2 Å². The van der Waals surface area contributed by atoms with Crippen molar-refractivity contribution < 1.29 is 14.2 Å². The van der Waals surface area contributed by atoms with Gasteiger partial charge in [0.25, 0.3) is 0 Å². The predicted octanol–water partition coefficient (Wildman–Crippen LogP) is 1.62. The maximum atomic E-state index is 5.54. The van der Waals surface area contributed by atoms with Crippen molar-refractivity contribution in [1.29, 1.82) is 0 Å². The molecule has 0 saturated carbocycles. The van der Waals surface area contributed by atoms with Crippen LogP contribution in [0.25, 0.3) is 0 Å². The molecule has 1 aromatic heterocycles. The second kappa shape index (κ2) is 10.7. The van der Waals surface area contributed by atoms with Crippen LogP contribution in [-0.4, -0.2) is 45.1 Å². The van der Waals surface area contributed by atoms with Crippen molar-refractivity contribution in [3.05, 3.63) is 23.9 Å². The van der Waals surface area contributed by atoms with E-state index in [1.54, 1.807) is 13.3 Å². The van der Waals surface area contributed by atoms with Gasteiger partial charge in [-0.3, -0.25) is 0 Å². The number of aromatic nitrogens is 1. The summed E-state index contributed by atoms with van der Waals surface area (Å²) >= 11 is 0. The first-order chi connectivity index (χ1) is 9.36. The fourth-order valence-corrected chi connectivity index (χ4v) is 1.52. The summed E-state index contributed by atoms with van der Waals surface area (Å²) in [5.74, 6) is 0.649. The highest BCUT2D eigenvalue weighted by atomic mass is 16.5. The molecule has 0 unspecified atom stereocenters. The summed E-state index contributed by atoms with van der Waals surface area (Å²) in [5, 5.41) is 3.27. The standard InChI is InChI=1S/C14H24N2O3/c1-3-15-12-13-5-6-16-14(11-13)19-10-9-18-8-4-7-17-2/h5-6,11,15H,3-4,7-10,12H2,1-2H3. The van der Waals surface area contributed by atoms with Crippen LogP contribution in [0.2, 0.25) is 0 Å². The quantitative estimate of drug-likeness (QED) is 0.618. The molecule has 1 rings (SSSR count). The van der Waals surface area contributed by atoms with Gasteiger partial charge in [0, 0.05) is 39.1 Å². The van der Waals surface area contributed by atoms with E-state index >= 15 is 0 Å². The van der Waals surface area contributed by atoms with Gasteiger partial charge in [-0.2, -0.15) is 0 Å².